The maximum absolute atomic E-state index is 13.8. The van der Waals surface area contributed by atoms with Crippen molar-refractivity contribution < 1.29 is 23.2 Å². The van der Waals surface area contributed by atoms with Gasteiger partial charge in [-0.15, -0.1) is 10.2 Å². The molecule has 1 unspecified atom stereocenters. The van der Waals surface area contributed by atoms with E-state index in [2.05, 4.69) is 32.2 Å². The van der Waals surface area contributed by atoms with E-state index < -0.39 is 17.3 Å². The Morgan fingerprint density at radius 2 is 1.58 bits per heavy atom. The lowest BCUT2D eigenvalue weighted by molar-refractivity contribution is -0.130. The maximum Gasteiger partial charge on any atom is 0.251 e. The van der Waals surface area contributed by atoms with Gasteiger partial charge in [-0.2, -0.15) is 5.26 Å². The molecule has 1 fully saturated rings. The van der Waals surface area contributed by atoms with Crippen LogP contribution in [0.5, 0.6) is 0 Å². The number of amides is 3. The standard InChI is InChI=1S/C36H36FN7O4/c1-39-32(46)25-9-13-29-23(18-25)5-6-24-19-26(33(47)40-2)10-14-30(24)36(29,15-16-41-21-31(45)44-17-3-4-28(44)20-38)35-43-42-34(48-35)22-7-11-27(37)12-8-22/h7-14,18-19,28,41H,3-6,15-17,21H2,1-2H3,(H,39,46)(H,40,47). The summed E-state index contributed by atoms with van der Waals surface area (Å²) < 4.78 is 20.2. The number of nitrogens with one attached hydrogen (secondary N) is 3. The number of rotatable bonds is 9. The Bertz CT molecular complexity index is 1830. The molecule has 1 aliphatic heterocycles. The first-order valence-corrected chi connectivity index (χ1v) is 16.0. The highest BCUT2D eigenvalue weighted by Gasteiger charge is 2.45. The van der Waals surface area contributed by atoms with Crippen molar-refractivity contribution in [3.63, 3.8) is 0 Å². The Morgan fingerprint density at radius 1 is 0.958 bits per heavy atom. The molecule has 3 N–H and O–H groups in total. The van der Waals surface area contributed by atoms with Gasteiger partial charge < -0.3 is 25.3 Å². The molecule has 1 aliphatic carbocycles. The smallest absolute Gasteiger partial charge is 0.251 e. The van der Waals surface area contributed by atoms with Crippen LogP contribution in [0, 0.1) is 17.1 Å². The number of nitrogens with zero attached hydrogens (tertiary/aromatic N) is 4. The van der Waals surface area contributed by atoms with E-state index in [0.29, 0.717) is 55.5 Å². The maximum atomic E-state index is 13.8. The molecule has 12 heteroatoms. The monoisotopic (exact) mass is 649 g/mol. The average Bonchev–Trinajstić information content (AvgIpc) is 3.79. The fraction of sp³-hybridized carbons (Fsp3) is 0.333. The number of carbonyl (C=O) groups excluding carboxylic acids is 3. The number of fused-ring (bicyclic) bond motifs is 2. The Morgan fingerprint density at radius 3 is 2.17 bits per heavy atom. The molecule has 0 saturated carbocycles. The largest absolute Gasteiger partial charge is 0.419 e. The van der Waals surface area contributed by atoms with Crippen molar-refractivity contribution in [1.82, 2.24) is 31.0 Å². The Labute approximate surface area is 277 Å². The third-order valence-corrected chi connectivity index (χ3v) is 9.33. The van der Waals surface area contributed by atoms with E-state index in [-0.39, 0.29) is 36.0 Å². The molecule has 1 atom stereocenters. The van der Waals surface area contributed by atoms with E-state index in [0.717, 1.165) is 28.7 Å². The highest BCUT2D eigenvalue weighted by molar-refractivity contribution is 5.95. The van der Waals surface area contributed by atoms with E-state index in [9.17, 15) is 24.0 Å². The number of hydrogen-bond donors (Lipinski definition) is 3. The van der Waals surface area contributed by atoms with Crippen molar-refractivity contribution in [2.75, 3.05) is 33.7 Å². The van der Waals surface area contributed by atoms with Crippen LogP contribution in [0.1, 0.15) is 68.1 Å². The molecule has 1 aromatic heterocycles. The van der Waals surface area contributed by atoms with Gasteiger partial charge in [0, 0.05) is 37.3 Å². The van der Waals surface area contributed by atoms with Crippen molar-refractivity contribution in [1.29, 1.82) is 5.26 Å². The van der Waals surface area contributed by atoms with Gasteiger partial charge in [-0.3, -0.25) is 14.4 Å². The van der Waals surface area contributed by atoms with Gasteiger partial charge in [0.25, 0.3) is 11.8 Å². The minimum absolute atomic E-state index is 0.0455. The fourth-order valence-electron chi connectivity index (χ4n) is 6.90. The topological polar surface area (TPSA) is 153 Å². The SMILES string of the molecule is CNC(=O)c1ccc2c(c1)CCc1cc(C(=O)NC)ccc1C2(CCNCC(=O)N1CCCC1C#N)c1nnc(-c2ccc(F)cc2)o1. The molecule has 4 aromatic rings. The number of likely N-dealkylation sites (tertiary alicyclic amines) is 1. The average molecular weight is 650 g/mol. The number of aryl methyl sites for hydroxylation is 2. The van der Waals surface area contributed by atoms with E-state index in [1.807, 2.05) is 24.3 Å². The van der Waals surface area contributed by atoms with E-state index in [4.69, 9.17) is 4.42 Å². The van der Waals surface area contributed by atoms with Gasteiger partial charge >= 0.3 is 0 Å². The van der Waals surface area contributed by atoms with Crippen LogP contribution < -0.4 is 16.0 Å². The van der Waals surface area contributed by atoms with Crippen LogP contribution in [0.25, 0.3) is 11.5 Å². The van der Waals surface area contributed by atoms with Gasteiger partial charge in [0.2, 0.25) is 17.7 Å². The lowest BCUT2D eigenvalue weighted by Gasteiger charge is -2.34. The van der Waals surface area contributed by atoms with Gasteiger partial charge in [0.15, 0.2) is 0 Å². The molecular formula is C36H36FN7O4. The lowest BCUT2D eigenvalue weighted by Crippen LogP contribution is -2.42. The number of halogens is 1. The molecule has 11 nitrogen and oxygen atoms in total. The van der Waals surface area contributed by atoms with Crippen molar-refractivity contribution in [2.45, 2.75) is 43.6 Å². The predicted molar refractivity (Wildman–Crippen MR) is 174 cm³/mol. The summed E-state index contributed by atoms with van der Waals surface area (Å²) in [6, 6.07) is 18.7. The zero-order chi connectivity index (χ0) is 33.8. The minimum Gasteiger partial charge on any atom is -0.419 e. The van der Waals surface area contributed by atoms with Crippen molar-refractivity contribution in [2.24, 2.45) is 0 Å². The van der Waals surface area contributed by atoms with Crippen molar-refractivity contribution >= 4 is 17.7 Å². The minimum atomic E-state index is -1.06. The molecule has 1 saturated heterocycles. The molecule has 2 heterocycles. The van der Waals surface area contributed by atoms with E-state index >= 15 is 0 Å². The molecule has 48 heavy (non-hydrogen) atoms. The number of carbonyl (C=O) groups is 3. The van der Waals surface area contributed by atoms with E-state index in [1.165, 1.54) is 12.1 Å². The molecule has 246 valence electrons. The van der Waals surface area contributed by atoms with Crippen LogP contribution in [0.15, 0.2) is 65.1 Å². The number of benzene rings is 3. The fourth-order valence-corrected chi connectivity index (χ4v) is 6.90. The molecule has 3 aromatic carbocycles. The first kappa shape index (κ1) is 32.5. The lowest BCUT2D eigenvalue weighted by atomic mass is 9.69. The predicted octanol–water partition coefficient (Wildman–Crippen LogP) is 3.52. The highest BCUT2D eigenvalue weighted by Crippen LogP contribution is 2.47. The van der Waals surface area contributed by atoms with Crippen LogP contribution in [-0.2, 0) is 23.1 Å². The number of nitriles is 1. The van der Waals surface area contributed by atoms with Gasteiger partial charge in [0.1, 0.15) is 17.3 Å². The summed E-state index contributed by atoms with van der Waals surface area (Å²) in [5.41, 5.74) is 4.00. The first-order chi connectivity index (χ1) is 23.3. The second-order valence-corrected chi connectivity index (χ2v) is 12.0. The zero-order valence-corrected chi connectivity index (χ0v) is 26.8. The highest BCUT2D eigenvalue weighted by atomic mass is 19.1. The van der Waals surface area contributed by atoms with Crippen LogP contribution >= 0.6 is 0 Å². The van der Waals surface area contributed by atoms with Crippen LogP contribution in [-0.4, -0.2) is 72.6 Å². The second-order valence-electron chi connectivity index (χ2n) is 12.0. The summed E-state index contributed by atoms with van der Waals surface area (Å²) in [4.78, 5) is 40.1. The summed E-state index contributed by atoms with van der Waals surface area (Å²) in [5.74, 6) is -0.487. The summed E-state index contributed by atoms with van der Waals surface area (Å²) in [6.45, 7) is 0.946. The Balaban J connectivity index is 1.47. The van der Waals surface area contributed by atoms with E-state index in [1.54, 1.807) is 43.3 Å². The number of aromatic nitrogens is 2. The third kappa shape index (κ3) is 6.04. The second kappa shape index (κ2) is 13.8. The normalized spacial score (nSPS) is 16.3. The molecule has 0 radical (unpaired) electrons. The molecule has 0 bridgehead atoms. The molecule has 0 spiro atoms. The van der Waals surface area contributed by atoms with Gasteiger partial charge in [0.05, 0.1) is 12.6 Å². The van der Waals surface area contributed by atoms with Crippen LogP contribution in [0.4, 0.5) is 4.39 Å². The van der Waals surface area contributed by atoms with Crippen molar-refractivity contribution in [3.8, 4) is 17.5 Å². The third-order valence-electron chi connectivity index (χ3n) is 9.33. The van der Waals surface area contributed by atoms with Crippen LogP contribution in [0.3, 0.4) is 0 Å². The van der Waals surface area contributed by atoms with Crippen LogP contribution in [0.2, 0.25) is 0 Å². The van der Waals surface area contributed by atoms with Gasteiger partial charge in [-0.25, -0.2) is 4.39 Å². The summed E-state index contributed by atoms with van der Waals surface area (Å²) in [7, 11) is 3.16. The summed E-state index contributed by atoms with van der Waals surface area (Å²) in [5, 5.41) is 27.1. The van der Waals surface area contributed by atoms with Gasteiger partial charge in [-0.05, 0) is 109 Å². The molecular weight excluding hydrogens is 613 g/mol. The summed E-state index contributed by atoms with van der Waals surface area (Å²) >= 11 is 0. The quantitative estimate of drug-likeness (QED) is 0.233. The number of hydrogen-bond acceptors (Lipinski definition) is 8. The summed E-state index contributed by atoms with van der Waals surface area (Å²) in [6.07, 6.45) is 2.97. The molecule has 6 rings (SSSR count). The molecule has 3 amide bonds. The Kier molecular flexibility index (Phi) is 9.32. The zero-order valence-electron chi connectivity index (χ0n) is 26.8. The Hall–Kier alpha value is -5.41. The molecule has 2 aliphatic rings. The van der Waals surface area contributed by atoms with Gasteiger partial charge in [-0.1, -0.05) is 12.1 Å². The first-order valence-electron chi connectivity index (χ1n) is 16.0. The van der Waals surface area contributed by atoms with Crippen molar-refractivity contribution in [3.05, 3.63) is 106 Å².